The second-order valence-corrected chi connectivity index (χ2v) is 3.69. The number of fused-ring (bicyclic) bond motifs is 1. The number of nitrogens with zero attached hydrogens (tertiary/aromatic N) is 3. The van der Waals surface area contributed by atoms with Crippen molar-refractivity contribution in [3.63, 3.8) is 0 Å². The van der Waals surface area contributed by atoms with E-state index in [0.29, 0.717) is 0 Å². The van der Waals surface area contributed by atoms with Gasteiger partial charge < -0.3 is 14.3 Å². The summed E-state index contributed by atoms with van der Waals surface area (Å²) >= 11 is 0. The third-order valence-corrected chi connectivity index (χ3v) is 2.69. The Hall–Kier alpha value is -1.62. The molecule has 0 aliphatic carbocycles. The monoisotopic (exact) mass is 204 g/mol. The Balaban J connectivity index is 2.11. The Kier molecular flexibility index (Phi) is 1.85. The third-order valence-electron chi connectivity index (χ3n) is 2.69. The highest BCUT2D eigenvalue weighted by molar-refractivity contribution is 5.47. The predicted octanol–water partition coefficient (Wildman–Crippen LogP) is 1.20. The molecule has 0 amide bonds. The van der Waals surface area contributed by atoms with Crippen LogP contribution in [0.3, 0.4) is 0 Å². The summed E-state index contributed by atoms with van der Waals surface area (Å²) in [6.07, 6.45) is 1.65. The van der Waals surface area contributed by atoms with Crippen LogP contribution in [0.25, 0.3) is 11.6 Å². The molecule has 3 rings (SSSR count). The molecule has 1 unspecified atom stereocenters. The fraction of sp³-hybridized carbons (Fsp3) is 0.400. The van der Waals surface area contributed by atoms with Crippen molar-refractivity contribution in [3.05, 3.63) is 24.2 Å². The second kappa shape index (κ2) is 3.20. The van der Waals surface area contributed by atoms with E-state index in [1.54, 1.807) is 6.26 Å². The van der Waals surface area contributed by atoms with Crippen LogP contribution in [0.2, 0.25) is 0 Å². The van der Waals surface area contributed by atoms with E-state index in [1.165, 1.54) is 0 Å². The molecule has 0 saturated carbocycles. The molecule has 2 aromatic heterocycles. The van der Waals surface area contributed by atoms with Gasteiger partial charge in [-0.2, -0.15) is 0 Å². The van der Waals surface area contributed by atoms with Gasteiger partial charge in [-0.15, -0.1) is 10.2 Å². The molecule has 1 N–H and O–H groups in total. The highest BCUT2D eigenvalue weighted by atomic mass is 16.3. The van der Waals surface area contributed by atoms with Crippen LogP contribution < -0.4 is 5.32 Å². The van der Waals surface area contributed by atoms with E-state index in [2.05, 4.69) is 27.0 Å². The van der Waals surface area contributed by atoms with Crippen molar-refractivity contribution in [1.82, 2.24) is 20.1 Å². The lowest BCUT2D eigenvalue weighted by molar-refractivity contribution is 0.436. The van der Waals surface area contributed by atoms with Crippen LogP contribution in [0.4, 0.5) is 0 Å². The summed E-state index contributed by atoms with van der Waals surface area (Å²) in [5, 5.41) is 11.7. The van der Waals surface area contributed by atoms with Crippen molar-refractivity contribution < 1.29 is 4.42 Å². The molecule has 0 bridgehead atoms. The molecule has 2 aromatic rings. The Bertz CT molecular complexity index is 460. The van der Waals surface area contributed by atoms with Gasteiger partial charge in [0.1, 0.15) is 5.82 Å². The van der Waals surface area contributed by atoms with Crippen LogP contribution in [-0.2, 0) is 6.54 Å². The van der Waals surface area contributed by atoms with Gasteiger partial charge in [0.05, 0.1) is 12.3 Å². The molecule has 0 saturated heterocycles. The highest BCUT2D eigenvalue weighted by Gasteiger charge is 2.22. The van der Waals surface area contributed by atoms with Gasteiger partial charge in [-0.1, -0.05) is 0 Å². The minimum atomic E-state index is 0.259. The summed E-state index contributed by atoms with van der Waals surface area (Å²) in [5.74, 6) is 2.58. The van der Waals surface area contributed by atoms with Crippen molar-refractivity contribution in [2.24, 2.45) is 0 Å². The Morgan fingerprint density at radius 2 is 2.47 bits per heavy atom. The quantitative estimate of drug-likeness (QED) is 0.758. The SMILES string of the molecule is CC1NCCn2c(-c3ccco3)nnc21. The van der Waals surface area contributed by atoms with Gasteiger partial charge in [0, 0.05) is 13.1 Å². The molecule has 3 heterocycles. The van der Waals surface area contributed by atoms with E-state index in [1.807, 2.05) is 12.1 Å². The molecule has 0 radical (unpaired) electrons. The van der Waals surface area contributed by atoms with E-state index >= 15 is 0 Å². The zero-order valence-corrected chi connectivity index (χ0v) is 8.47. The lowest BCUT2D eigenvalue weighted by Crippen LogP contribution is -2.32. The predicted molar refractivity (Wildman–Crippen MR) is 54.1 cm³/mol. The van der Waals surface area contributed by atoms with Gasteiger partial charge in [0.25, 0.3) is 0 Å². The van der Waals surface area contributed by atoms with E-state index < -0.39 is 0 Å². The van der Waals surface area contributed by atoms with E-state index in [-0.39, 0.29) is 6.04 Å². The average molecular weight is 204 g/mol. The van der Waals surface area contributed by atoms with E-state index in [4.69, 9.17) is 4.42 Å². The molecule has 1 aliphatic rings. The van der Waals surface area contributed by atoms with Gasteiger partial charge in [0.2, 0.25) is 0 Å². The Labute approximate surface area is 87.1 Å². The maximum absolute atomic E-state index is 5.34. The van der Waals surface area contributed by atoms with Crippen molar-refractivity contribution in [2.45, 2.75) is 19.5 Å². The van der Waals surface area contributed by atoms with Gasteiger partial charge in [-0.25, -0.2) is 0 Å². The molecular weight excluding hydrogens is 192 g/mol. The molecule has 0 spiro atoms. The number of furan rings is 1. The lowest BCUT2D eigenvalue weighted by atomic mass is 10.2. The number of hydrogen-bond donors (Lipinski definition) is 1. The molecule has 5 nitrogen and oxygen atoms in total. The van der Waals surface area contributed by atoms with Crippen LogP contribution in [0.15, 0.2) is 22.8 Å². The number of nitrogens with one attached hydrogen (secondary N) is 1. The van der Waals surface area contributed by atoms with Crippen LogP contribution >= 0.6 is 0 Å². The summed E-state index contributed by atoms with van der Waals surface area (Å²) in [6, 6.07) is 4.03. The first kappa shape index (κ1) is 8.67. The van der Waals surface area contributed by atoms with Crippen LogP contribution in [0.5, 0.6) is 0 Å². The van der Waals surface area contributed by atoms with Crippen LogP contribution in [0, 0.1) is 0 Å². The minimum absolute atomic E-state index is 0.259. The van der Waals surface area contributed by atoms with Gasteiger partial charge in [-0.05, 0) is 19.1 Å². The highest BCUT2D eigenvalue weighted by Crippen LogP contribution is 2.23. The molecule has 1 aliphatic heterocycles. The second-order valence-electron chi connectivity index (χ2n) is 3.69. The van der Waals surface area contributed by atoms with Crippen molar-refractivity contribution >= 4 is 0 Å². The molecule has 0 fully saturated rings. The van der Waals surface area contributed by atoms with Gasteiger partial charge in [0.15, 0.2) is 11.6 Å². The molecule has 5 heteroatoms. The van der Waals surface area contributed by atoms with Crippen molar-refractivity contribution in [1.29, 1.82) is 0 Å². The minimum Gasteiger partial charge on any atom is -0.461 e. The zero-order valence-electron chi connectivity index (χ0n) is 8.47. The summed E-state index contributed by atoms with van der Waals surface area (Å²) < 4.78 is 7.45. The van der Waals surface area contributed by atoms with Crippen LogP contribution in [-0.4, -0.2) is 21.3 Å². The fourth-order valence-electron chi connectivity index (χ4n) is 1.93. The van der Waals surface area contributed by atoms with Gasteiger partial charge >= 0.3 is 0 Å². The Morgan fingerprint density at radius 3 is 3.27 bits per heavy atom. The molecule has 0 aromatic carbocycles. The average Bonchev–Trinajstić information content (AvgIpc) is 2.85. The van der Waals surface area contributed by atoms with Crippen LogP contribution in [0.1, 0.15) is 18.8 Å². The van der Waals surface area contributed by atoms with Crippen molar-refractivity contribution in [2.75, 3.05) is 6.54 Å². The molecular formula is C10H12N4O. The molecule has 78 valence electrons. The number of hydrogen-bond acceptors (Lipinski definition) is 4. The summed E-state index contributed by atoms with van der Waals surface area (Å²) in [5.41, 5.74) is 0. The maximum Gasteiger partial charge on any atom is 0.199 e. The number of aromatic nitrogens is 3. The topological polar surface area (TPSA) is 55.9 Å². The molecule has 15 heavy (non-hydrogen) atoms. The Morgan fingerprint density at radius 1 is 1.53 bits per heavy atom. The van der Waals surface area contributed by atoms with Crippen molar-refractivity contribution in [3.8, 4) is 11.6 Å². The first-order valence-corrected chi connectivity index (χ1v) is 5.06. The smallest absolute Gasteiger partial charge is 0.199 e. The lowest BCUT2D eigenvalue weighted by Gasteiger charge is -2.21. The van der Waals surface area contributed by atoms with E-state index in [9.17, 15) is 0 Å². The first-order chi connectivity index (χ1) is 7.36. The standard InChI is InChI=1S/C10H12N4O/c1-7-9-12-13-10(8-3-2-6-15-8)14(9)5-4-11-7/h2-3,6-7,11H,4-5H2,1H3. The summed E-state index contributed by atoms with van der Waals surface area (Å²) in [7, 11) is 0. The summed E-state index contributed by atoms with van der Waals surface area (Å²) in [4.78, 5) is 0. The summed E-state index contributed by atoms with van der Waals surface area (Å²) in [6.45, 7) is 3.92. The number of rotatable bonds is 1. The van der Waals surface area contributed by atoms with Gasteiger partial charge in [-0.3, -0.25) is 0 Å². The zero-order chi connectivity index (χ0) is 10.3. The fourth-order valence-corrected chi connectivity index (χ4v) is 1.93. The third kappa shape index (κ3) is 1.27. The normalized spacial score (nSPS) is 20.2. The molecule has 1 atom stereocenters. The van der Waals surface area contributed by atoms with E-state index in [0.717, 1.165) is 30.5 Å². The first-order valence-electron chi connectivity index (χ1n) is 5.06. The largest absolute Gasteiger partial charge is 0.461 e. The maximum atomic E-state index is 5.34.